The molecule has 0 unspecified atom stereocenters. The van der Waals surface area contributed by atoms with E-state index in [9.17, 15) is 9.59 Å². The van der Waals surface area contributed by atoms with Crippen molar-refractivity contribution in [1.82, 2.24) is 5.32 Å². The van der Waals surface area contributed by atoms with Gasteiger partial charge in [-0.3, -0.25) is 4.79 Å². The summed E-state index contributed by atoms with van der Waals surface area (Å²) in [5, 5.41) is 8.82. The molecule has 6 nitrogen and oxygen atoms in total. The van der Waals surface area contributed by atoms with Gasteiger partial charge in [-0.15, -0.1) is 0 Å². The number of urea groups is 1. The molecule has 3 N–H and O–H groups in total. The molecule has 3 amide bonds. The number of halogens is 1. The van der Waals surface area contributed by atoms with E-state index in [1.54, 1.807) is 42.5 Å². The largest absolute Gasteiger partial charge is 0.496 e. The molecular formula is C18H18ClN3O3. The first-order valence-electron chi connectivity index (χ1n) is 7.87. The number of anilines is 2. The summed E-state index contributed by atoms with van der Waals surface area (Å²) >= 11 is 5.95. The fourth-order valence-corrected chi connectivity index (χ4v) is 2.45. The zero-order valence-corrected chi connectivity index (χ0v) is 14.4. The molecule has 0 aliphatic heterocycles. The lowest BCUT2D eigenvalue weighted by molar-refractivity contribution is 0.102. The lowest BCUT2D eigenvalue weighted by Gasteiger charge is -2.11. The number of rotatable bonds is 5. The summed E-state index contributed by atoms with van der Waals surface area (Å²) in [7, 11) is 1.49. The summed E-state index contributed by atoms with van der Waals surface area (Å²) < 4.78 is 5.18. The predicted octanol–water partition coefficient (Wildman–Crippen LogP) is 3.88. The molecule has 0 aromatic heterocycles. The van der Waals surface area contributed by atoms with Crippen LogP contribution in [0.1, 0.15) is 23.2 Å². The van der Waals surface area contributed by atoms with E-state index in [4.69, 9.17) is 16.3 Å². The summed E-state index contributed by atoms with van der Waals surface area (Å²) in [6.45, 7) is 0. The highest BCUT2D eigenvalue weighted by Gasteiger charge is 2.23. The summed E-state index contributed by atoms with van der Waals surface area (Å²) in [5.74, 6) is 0.114. The summed E-state index contributed by atoms with van der Waals surface area (Å²) in [6.07, 6.45) is 2.07. The molecule has 0 atom stereocenters. The molecule has 25 heavy (non-hydrogen) atoms. The predicted molar refractivity (Wildman–Crippen MR) is 97.6 cm³/mol. The van der Waals surface area contributed by atoms with Crippen molar-refractivity contribution >= 4 is 34.9 Å². The maximum Gasteiger partial charge on any atom is 0.319 e. The molecule has 1 aliphatic carbocycles. The van der Waals surface area contributed by atoms with Gasteiger partial charge in [0.05, 0.1) is 12.7 Å². The van der Waals surface area contributed by atoms with Gasteiger partial charge in [0.25, 0.3) is 5.91 Å². The molecule has 0 saturated heterocycles. The van der Waals surface area contributed by atoms with E-state index in [0.29, 0.717) is 33.8 Å². The van der Waals surface area contributed by atoms with Crippen molar-refractivity contribution in [3.05, 3.63) is 53.1 Å². The van der Waals surface area contributed by atoms with Crippen LogP contribution in [0.2, 0.25) is 5.02 Å². The average molecular weight is 360 g/mol. The van der Waals surface area contributed by atoms with Crippen molar-refractivity contribution in [3.8, 4) is 5.75 Å². The van der Waals surface area contributed by atoms with Gasteiger partial charge in [0.1, 0.15) is 5.75 Å². The van der Waals surface area contributed by atoms with Crippen LogP contribution in [0.5, 0.6) is 5.75 Å². The first-order chi connectivity index (χ1) is 12.0. The van der Waals surface area contributed by atoms with E-state index in [1.807, 2.05) is 0 Å². The third-order valence-corrected chi connectivity index (χ3v) is 3.95. The fraction of sp³-hybridized carbons (Fsp3) is 0.222. The Balaban J connectivity index is 1.63. The number of carbonyl (C=O) groups excluding carboxylic acids is 2. The van der Waals surface area contributed by atoms with Crippen LogP contribution in [-0.2, 0) is 0 Å². The molecule has 1 aliphatic rings. The normalized spacial score (nSPS) is 13.0. The van der Waals surface area contributed by atoms with Gasteiger partial charge in [0, 0.05) is 22.4 Å². The number of benzene rings is 2. The SMILES string of the molecule is COc1ccc(Cl)cc1C(=O)Nc1ccc(NC(=O)NC2CC2)cc1. The second-order valence-electron chi connectivity index (χ2n) is 5.75. The van der Waals surface area contributed by atoms with Crippen LogP contribution >= 0.6 is 11.6 Å². The molecule has 2 aromatic carbocycles. The Bertz CT molecular complexity index is 789. The van der Waals surface area contributed by atoms with Gasteiger partial charge in [0.2, 0.25) is 0 Å². The third-order valence-electron chi connectivity index (χ3n) is 3.72. The maximum absolute atomic E-state index is 12.4. The fourth-order valence-electron chi connectivity index (χ4n) is 2.27. The first-order valence-corrected chi connectivity index (χ1v) is 8.25. The molecule has 7 heteroatoms. The molecule has 1 saturated carbocycles. The molecule has 0 bridgehead atoms. The lowest BCUT2D eigenvalue weighted by Crippen LogP contribution is -2.30. The highest BCUT2D eigenvalue weighted by Crippen LogP contribution is 2.24. The van der Waals surface area contributed by atoms with Gasteiger partial charge in [-0.25, -0.2) is 4.79 Å². The van der Waals surface area contributed by atoms with Crippen molar-refractivity contribution in [2.75, 3.05) is 17.7 Å². The third kappa shape index (κ3) is 4.64. The quantitative estimate of drug-likeness (QED) is 0.757. The second-order valence-corrected chi connectivity index (χ2v) is 6.19. The summed E-state index contributed by atoms with van der Waals surface area (Å²) in [6, 6.07) is 11.8. The zero-order valence-electron chi connectivity index (χ0n) is 13.6. The van der Waals surface area contributed by atoms with E-state index >= 15 is 0 Å². The smallest absolute Gasteiger partial charge is 0.319 e. The second kappa shape index (κ2) is 7.44. The summed E-state index contributed by atoms with van der Waals surface area (Å²) in [4.78, 5) is 24.1. The van der Waals surface area contributed by atoms with E-state index in [1.165, 1.54) is 7.11 Å². The monoisotopic (exact) mass is 359 g/mol. The van der Waals surface area contributed by atoms with Crippen LogP contribution in [-0.4, -0.2) is 25.1 Å². The van der Waals surface area contributed by atoms with Crippen molar-refractivity contribution in [2.24, 2.45) is 0 Å². The van der Waals surface area contributed by atoms with Crippen LogP contribution in [0.4, 0.5) is 16.2 Å². The van der Waals surface area contributed by atoms with E-state index < -0.39 is 0 Å². The van der Waals surface area contributed by atoms with E-state index in [2.05, 4.69) is 16.0 Å². The highest BCUT2D eigenvalue weighted by molar-refractivity contribution is 6.31. The van der Waals surface area contributed by atoms with Crippen LogP contribution in [0.3, 0.4) is 0 Å². The van der Waals surface area contributed by atoms with Crippen LogP contribution in [0.25, 0.3) is 0 Å². The topological polar surface area (TPSA) is 79.5 Å². The number of ether oxygens (including phenoxy) is 1. The van der Waals surface area contributed by atoms with Crippen molar-refractivity contribution in [2.45, 2.75) is 18.9 Å². The minimum Gasteiger partial charge on any atom is -0.496 e. The molecule has 0 spiro atoms. The minimum absolute atomic E-state index is 0.219. The van der Waals surface area contributed by atoms with Gasteiger partial charge in [-0.1, -0.05) is 11.6 Å². The Labute approximate surface area is 150 Å². The highest BCUT2D eigenvalue weighted by atomic mass is 35.5. The molecule has 3 rings (SSSR count). The molecule has 0 heterocycles. The first kappa shape index (κ1) is 17.1. The number of hydrogen-bond acceptors (Lipinski definition) is 3. The van der Waals surface area contributed by atoms with Crippen LogP contribution in [0, 0.1) is 0 Å². The number of hydrogen-bond donors (Lipinski definition) is 3. The molecule has 2 aromatic rings. The van der Waals surface area contributed by atoms with E-state index in [0.717, 1.165) is 12.8 Å². The number of nitrogens with one attached hydrogen (secondary N) is 3. The molecule has 1 fully saturated rings. The number of methoxy groups -OCH3 is 1. The van der Waals surface area contributed by atoms with E-state index in [-0.39, 0.29) is 11.9 Å². The van der Waals surface area contributed by atoms with Crippen molar-refractivity contribution in [1.29, 1.82) is 0 Å². The average Bonchev–Trinajstić information content (AvgIpc) is 3.40. The molecular weight excluding hydrogens is 342 g/mol. The standard InChI is InChI=1S/C18H18ClN3O3/c1-25-16-9-2-11(19)10-15(16)17(23)20-12-3-5-13(6-4-12)21-18(24)22-14-7-8-14/h2-6,9-10,14H,7-8H2,1H3,(H,20,23)(H2,21,22,24). The lowest BCUT2D eigenvalue weighted by atomic mass is 10.1. The van der Waals surface area contributed by atoms with Gasteiger partial charge in [-0.05, 0) is 55.3 Å². The van der Waals surface area contributed by atoms with Crippen molar-refractivity contribution in [3.63, 3.8) is 0 Å². The Kier molecular flexibility index (Phi) is 5.09. The molecule has 130 valence electrons. The van der Waals surface area contributed by atoms with Crippen LogP contribution in [0.15, 0.2) is 42.5 Å². The minimum atomic E-state index is -0.327. The Hall–Kier alpha value is -2.73. The number of amides is 3. The van der Waals surface area contributed by atoms with Gasteiger partial charge in [0.15, 0.2) is 0 Å². The van der Waals surface area contributed by atoms with Gasteiger partial charge < -0.3 is 20.7 Å². The Morgan fingerprint density at radius 1 is 1.04 bits per heavy atom. The van der Waals surface area contributed by atoms with Crippen molar-refractivity contribution < 1.29 is 14.3 Å². The zero-order chi connectivity index (χ0) is 17.8. The Morgan fingerprint density at radius 3 is 2.28 bits per heavy atom. The number of carbonyl (C=O) groups is 2. The van der Waals surface area contributed by atoms with Gasteiger partial charge in [-0.2, -0.15) is 0 Å². The Morgan fingerprint density at radius 2 is 1.68 bits per heavy atom. The van der Waals surface area contributed by atoms with Gasteiger partial charge >= 0.3 is 6.03 Å². The maximum atomic E-state index is 12.4. The molecule has 0 radical (unpaired) electrons. The summed E-state index contributed by atoms with van der Waals surface area (Å²) in [5.41, 5.74) is 1.60. The van der Waals surface area contributed by atoms with Crippen LogP contribution < -0.4 is 20.7 Å².